The minimum atomic E-state index is -0.499. The van der Waals surface area contributed by atoms with Crippen molar-refractivity contribution in [2.75, 3.05) is 0 Å². The number of aromatic nitrogens is 2. The summed E-state index contributed by atoms with van der Waals surface area (Å²) in [4.78, 5) is 24.7. The molecule has 0 bridgehead atoms. The molecule has 4 rings (SSSR count). The second kappa shape index (κ2) is 12.9. The predicted molar refractivity (Wildman–Crippen MR) is 150 cm³/mol. The third-order valence-electron chi connectivity index (χ3n) is 6.61. The number of azo groups is 2. The van der Waals surface area contributed by atoms with Crippen molar-refractivity contribution in [3.8, 4) is 11.8 Å². The molecule has 0 spiro atoms. The van der Waals surface area contributed by atoms with Crippen molar-refractivity contribution >= 4 is 45.0 Å². The van der Waals surface area contributed by atoms with Gasteiger partial charge in [-0.05, 0) is 31.4 Å². The van der Waals surface area contributed by atoms with E-state index in [2.05, 4.69) is 34.3 Å². The molecule has 0 unspecified atom stereocenters. The number of rotatable bonds is 12. The summed E-state index contributed by atoms with van der Waals surface area (Å²) in [5.74, 6) is -1.03. The Labute approximate surface area is 226 Å². The summed E-state index contributed by atoms with van der Waals surface area (Å²) in [7, 11) is 0. The molecule has 2 aromatic carbocycles. The van der Waals surface area contributed by atoms with Gasteiger partial charge in [-0.25, -0.2) is 0 Å². The Balaban J connectivity index is 1.37. The normalized spacial score (nSPS) is 11.9. The molecule has 2 heterocycles. The number of nitrogens with zero attached hydrogens (tertiary/aromatic N) is 6. The number of unbranched alkanes of at least 4 members (excludes halogenated alkanes) is 2. The Kier molecular flexibility index (Phi) is 9.19. The van der Waals surface area contributed by atoms with Crippen LogP contribution in [0.4, 0.5) is 11.4 Å². The highest BCUT2D eigenvalue weighted by Gasteiger charge is 2.18. The summed E-state index contributed by atoms with van der Waals surface area (Å²) in [5.41, 5.74) is 2.19. The summed E-state index contributed by atoms with van der Waals surface area (Å²) >= 11 is 0. The van der Waals surface area contributed by atoms with Crippen molar-refractivity contribution in [2.24, 2.45) is 20.5 Å². The Morgan fingerprint density at radius 1 is 0.667 bits per heavy atom. The van der Waals surface area contributed by atoms with Gasteiger partial charge >= 0.3 is 0 Å². The minimum Gasteiger partial charge on any atom is -0.493 e. The molecule has 10 heteroatoms. The summed E-state index contributed by atoms with van der Waals surface area (Å²) in [6.45, 7) is 5.43. The van der Waals surface area contributed by atoms with Gasteiger partial charge in [-0.3, -0.25) is 9.59 Å². The Hall–Kier alpha value is -4.34. The minimum absolute atomic E-state index is 0.00156. The standard InChI is InChI=1S/C29H34N6O4/c1-3-5-18-34-22-14-9-7-12-20(22)26(28(34)38)32-30-24(36)16-11-17-25(37)31-33-27-21-13-8-10-15-23(21)35(29(27)39)19-6-4-2/h7-10,12-15,38-39H,3-6,11,16-19H2,1-2H3. The van der Waals surface area contributed by atoms with E-state index in [1.54, 1.807) is 9.13 Å². The Morgan fingerprint density at radius 3 is 1.49 bits per heavy atom. The van der Waals surface area contributed by atoms with Crippen LogP contribution in [-0.2, 0) is 22.7 Å². The molecule has 0 saturated heterocycles. The van der Waals surface area contributed by atoms with Crippen molar-refractivity contribution in [1.29, 1.82) is 0 Å². The number of para-hydroxylation sites is 2. The number of carbonyl (C=O) groups excluding carboxylic acids is 2. The summed E-state index contributed by atoms with van der Waals surface area (Å²) in [6, 6.07) is 14.9. The lowest BCUT2D eigenvalue weighted by Gasteiger charge is -2.05. The molecule has 0 aliphatic rings. The largest absolute Gasteiger partial charge is 0.493 e. The number of carbonyl (C=O) groups is 2. The van der Waals surface area contributed by atoms with Crippen molar-refractivity contribution < 1.29 is 19.8 Å². The first-order valence-corrected chi connectivity index (χ1v) is 13.5. The molecule has 0 radical (unpaired) electrons. The molecule has 0 saturated carbocycles. The molecule has 4 aromatic rings. The topological polar surface area (TPSA) is 134 Å². The van der Waals surface area contributed by atoms with Crippen LogP contribution in [0.3, 0.4) is 0 Å². The highest BCUT2D eigenvalue weighted by atomic mass is 16.3. The third kappa shape index (κ3) is 6.22. The molecule has 39 heavy (non-hydrogen) atoms. The molecule has 0 aliphatic heterocycles. The number of aromatic hydroxyl groups is 2. The Morgan fingerprint density at radius 2 is 1.08 bits per heavy atom. The zero-order valence-electron chi connectivity index (χ0n) is 22.4. The van der Waals surface area contributed by atoms with Crippen LogP contribution >= 0.6 is 0 Å². The highest BCUT2D eigenvalue weighted by molar-refractivity contribution is 5.96. The molecule has 204 valence electrons. The maximum absolute atomic E-state index is 12.3. The monoisotopic (exact) mass is 530 g/mol. The van der Waals surface area contributed by atoms with Gasteiger partial charge in [0.15, 0.2) is 11.4 Å². The first-order valence-electron chi connectivity index (χ1n) is 13.5. The fourth-order valence-corrected chi connectivity index (χ4v) is 4.53. The van der Waals surface area contributed by atoms with Gasteiger partial charge in [0.2, 0.25) is 11.8 Å². The van der Waals surface area contributed by atoms with Gasteiger partial charge < -0.3 is 19.3 Å². The van der Waals surface area contributed by atoms with E-state index in [0.717, 1.165) is 47.5 Å². The Bertz CT molecular complexity index is 1420. The predicted octanol–water partition coefficient (Wildman–Crippen LogP) is 7.70. The first-order chi connectivity index (χ1) is 19.0. The highest BCUT2D eigenvalue weighted by Crippen LogP contribution is 2.40. The lowest BCUT2D eigenvalue weighted by atomic mass is 10.2. The van der Waals surface area contributed by atoms with Crippen LogP contribution in [0.25, 0.3) is 21.8 Å². The maximum Gasteiger partial charge on any atom is 0.264 e. The van der Waals surface area contributed by atoms with E-state index < -0.39 is 11.8 Å². The van der Waals surface area contributed by atoms with Crippen molar-refractivity contribution in [3.63, 3.8) is 0 Å². The zero-order valence-corrected chi connectivity index (χ0v) is 22.4. The van der Waals surface area contributed by atoms with Crippen molar-refractivity contribution in [2.45, 2.75) is 71.9 Å². The van der Waals surface area contributed by atoms with Crippen LogP contribution in [0.1, 0.15) is 58.8 Å². The molecule has 10 nitrogen and oxygen atoms in total. The quantitative estimate of drug-likeness (QED) is 0.181. The second-order valence-corrected chi connectivity index (χ2v) is 9.43. The lowest BCUT2D eigenvalue weighted by molar-refractivity contribution is -0.119. The molecule has 0 atom stereocenters. The number of amides is 2. The third-order valence-corrected chi connectivity index (χ3v) is 6.61. The van der Waals surface area contributed by atoms with Gasteiger partial charge in [-0.15, -0.1) is 20.5 Å². The van der Waals surface area contributed by atoms with Gasteiger partial charge in [0.05, 0.1) is 11.0 Å². The van der Waals surface area contributed by atoms with E-state index in [4.69, 9.17) is 0 Å². The molecule has 2 aromatic heterocycles. The number of hydrogen-bond acceptors (Lipinski definition) is 6. The van der Waals surface area contributed by atoms with Crippen LogP contribution in [0, 0.1) is 0 Å². The number of benzene rings is 2. The van der Waals surface area contributed by atoms with Gasteiger partial charge in [0, 0.05) is 36.7 Å². The lowest BCUT2D eigenvalue weighted by Crippen LogP contribution is -1.97. The maximum atomic E-state index is 12.3. The SMILES string of the molecule is CCCCn1c(O)c(N=NC(=O)CCCC(=O)N=Nc2c(O)n(CCCC)c3ccccc23)c2ccccc21. The van der Waals surface area contributed by atoms with Crippen molar-refractivity contribution in [3.05, 3.63) is 48.5 Å². The van der Waals surface area contributed by atoms with E-state index in [0.29, 0.717) is 13.1 Å². The van der Waals surface area contributed by atoms with Crippen LogP contribution in [0.2, 0.25) is 0 Å². The van der Waals surface area contributed by atoms with E-state index in [1.807, 2.05) is 48.5 Å². The fraction of sp³-hybridized carbons (Fsp3) is 0.379. The van der Waals surface area contributed by atoms with Crippen LogP contribution in [0.5, 0.6) is 11.8 Å². The summed E-state index contributed by atoms with van der Waals surface area (Å²) < 4.78 is 3.56. The van der Waals surface area contributed by atoms with E-state index >= 15 is 0 Å². The molecule has 0 aliphatic carbocycles. The number of aryl methyl sites for hydroxylation is 2. The van der Waals surface area contributed by atoms with Gasteiger partial charge in [0.1, 0.15) is 0 Å². The molecule has 2 N–H and O–H groups in total. The average Bonchev–Trinajstić information content (AvgIpc) is 3.37. The zero-order chi connectivity index (χ0) is 27.8. The van der Waals surface area contributed by atoms with Crippen LogP contribution in [0.15, 0.2) is 69.0 Å². The average molecular weight is 531 g/mol. The van der Waals surface area contributed by atoms with Gasteiger partial charge in [-0.1, -0.05) is 63.1 Å². The molecule has 2 amide bonds. The summed E-state index contributed by atoms with van der Waals surface area (Å²) in [5, 5.41) is 38.5. The van der Waals surface area contributed by atoms with Gasteiger partial charge in [-0.2, -0.15) is 0 Å². The van der Waals surface area contributed by atoms with E-state index in [1.165, 1.54) is 0 Å². The van der Waals surface area contributed by atoms with Gasteiger partial charge in [0.25, 0.3) is 11.8 Å². The number of hydrogen-bond donors (Lipinski definition) is 2. The second-order valence-electron chi connectivity index (χ2n) is 9.43. The van der Waals surface area contributed by atoms with Crippen LogP contribution in [-0.4, -0.2) is 31.2 Å². The summed E-state index contributed by atoms with van der Waals surface area (Å²) in [6.07, 6.45) is 3.97. The number of fused-ring (bicyclic) bond motifs is 2. The van der Waals surface area contributed by atoms with E-state index in [9.17, 15) is 19.8 Å². The van der Waals surface area contributed by atoms with Crippen LogP contribution < -0.4 is 0 Å². The molecule has 0 fully saturated rings. The van der Waals surface area contributed by atoms with E-state index in [-0.39, 0.29) is 42.4 Å². The molecular weight excluding hydrogens is 496 g/mol. The smallest absolute Gasteiger partial charge is 0.264 e. The first kappa shape index (κ1) is 27.7. The molecular formula is C29H34N6O4. The van der Waals surface area contributed by atoms with Crippen molar-refractivity contribution in [1.82, 2.24) is 9.13 Å². The fourth-order valence-electron chi connectivity index (χ4n) is 4.53.